The predicted molar refractivity (Wildman–Crippen MR) is 37.2 cm³/mol. The monoisotopic (exact) mass is 151 g/mol. The number of halogens is 1. The molecule has 8 heavy (non-hydrogen) atoms. The molecule has 0 amide bonds. The topological polar surface area (TPSA) is 0 Å². The average Bonchev–Trinajstić information content (AvgIpc) is 1.69. The summed E-state index contributed by atoms with van der Waals surface area (Å²) in [6.45, 7) is 0. The van der Waals surface area contributed by atoms with E-state index in [1.807, 2.05) is 30.3 Å². The Morgan fingerprint density at radius 3 is 1.75 bits per heavy atom. The second kappa shape index (κ2) is 4.97. The van der Waals surface area contributed by atoms with Crippen molar-refractivity contribution >= 4 is 63.0 Å². The summed E-state index contributed by atoms with van der Waals surface area (Å²) < 4.78 is 0. The van der Waals surface area contributed by atoms with Crippen molar-refractivity contribution in [3.05, 3.63) is 35.4 Å². The van der Waals surface area contributed by atoms with Gasteiger partial charge in [-0.15, -0.1) is 0 Å². The number of benzene rings is 1. The van der Waals surface area contributed by atoms with Gasteiger partial charge in [-0.05, 0) is 12.1 Å². The summed E-state index contributed by atoms with van der Waals surface area (Å²) in [5.74, 6) is 0. The van der Waals surface area contributed by atoms with Crippen LogP contribution in [0.15, 0.2) is 30.3 Å². The zero-order valence-corrected chi connectivity index (χ0v) is 8.64. The third kappa shape index (κ3) is 3.23. The van der Waals surface area contributed by atoms with E-state index < -0.39 is 0 Å². The van der Waals surface area contributed by atoms with Gasteiger partial charge in [0.1, 0.15) is 0 Å². The fourth-order valence-electron chi connectivity index (χ4n) is 0.415. The van der Waals surface area contributed by atoms with Gasteiger partial charge in [-0.3, -0.25) is 0 Å². The van der Waals surface area contributed by atoms with Gasteiger partial charge in [-0.1, -0.05) is 29.8 Å². The minimum Gasteiger partial charge on any atom is -0.0843 e. The van der Waals surface area contributed by atoms with Crippen LogP contribution in [0.1, 0.15) is 0 Å². The summed E-state index contributed by atoms with van der Waals surface area (Å²) in [4.78, 5) is 0. The molecular weight excluding hydrogens is 147 g/mol. The maximum atomic E-state index is 5.54. The first-order valence-corrected chi connectivity index (χ1v) is 2.48. The molecule has 0 aliphatic rings. The van der Waals surface area contributed by atoms with Gasteiger partial charge in [0.15, 0.2) is 0 Å². The summed E-state index contributed by atoms with van der Waals surface area (Å²) in [6, 6.07) is 9.44. The normalized spacial score (nSPS) is 7.62. The first-order chi connectivity index (χ1) is 3.39. The van der Waals surface area contributed by atoms with Crippen LogP contribution in [0.2, 0.25) is 5.02 Å². The molecule has 0 fully saturated rings. The summed E-state index contributed by atoms with van der Waals surface area (Å²) >= 11 is 5.54. The Bertz CT molecular complexity index is 138. The van der Waals surface area contributed by atoms with Crippen LogP contribution >= 0.6 is 11.6 Å². The van der Waals surface area contributed by atoms with Crippen molar-refractivity contribution in [1.29, 1.82) is 0 Å². The van der Waals surface area contributed by atoms with E-state index in [4.69, 9.17) is 11.6 Å². The quantitative estimate of drug-likeness (QED) is 0.498. The van der Waals surface area contributed by atoms with E-state index in [9.17, 15) is 0 Å². The van der Waals surface area contributed by atoms with Gasteiger partial charge in [-0.25, -0.2) is 0 Å². The molecule has 0 aliphatic heterocycles. The van der Waals surface area contributed by atoms with E-state index in [-0.39, 0.29) is 51.4 Å². The average molecular weight is 152 g/mol. The zero-order valence-electron chi connectivity index (χ0n) is 4.76. The molecule has 0 aliphatic carbocycles. The number of rotatable bonds is 0. The van der Waals surface area contributed by atoms with Gasteiger partial charge in [-0.2, -0.15) is 0 Å². The molecule has 0 aromatic heterocycles. The van der Waals surface area contributed by atoms with Crippen LogP contribution in [0.3, 0.4) is 0 Å². The molecule has 0 saturated heterocycles. The molecule has 1 rings (SSSR count). The smallest absolute Gasteiger partial charge is 0.0405 e. The molecule has 37 valence electrons. The van der Waals surface area contributed by atoms with Crippen molar-refractivity contribution < 1.29 is 0 Å². The predicted octanol–water partition coefficient (Wildman–Crippen LogP) is 1.96. The maximum Gasteiger partial charge on any atom is 0.0405 e. The molecular formula is C6H5ClK. The fraction of sp³-hybridized carbons (Fsp3) is 0. The van der Waals surface area contributed by atoms with Crippen molar-refractivity contribution in [2.75, 3.05) is 0 Å². The molecule has 0 N–H and O–H groups in total. The molecule has 0 nitrogen and oxygen atoms in total. The molecule has 0 heterocycles. The van der Waals surface area contributed by atoms with Gasteiger partial charge in [0.2, 0.25) is 0 Å². The second-order valence-electron chi connectivity index (χ2n) is 1.30. The van der Waals surface area contributed by atoms with E-state index in [1.54, 1.807) is 0 Å². The number of hydrogen-bond donors (Lipinski definition) is 0. The van der Waals surface area contributed by atoms with Crippen LogP contribution in [0, 0.1) is 0 Å². The third-order valence-corrected chi connectivity index (χ3v) is 0.985. The van der Waals surface area contributed by atoms with Crippen LogP contribution in [-0.2, 0) is 0 Å². The Balaban J connectivity index is 0.000000490. The second-order valence-corrected chi connectivity index (χ2v) is 1.73. The molecule has 0 saturated carbocycles. The molecule has 0 unspecified atom stereocenters. The van der Waals surface area contributed by atoms with Gasteiger partial charge in [0.25, 0.3) is 0 Å². The Labute approximate surface area is 96.7 Å². The number of hydrogen-bond acceptors (Lipinski definition) is 0. The van der Waals surface area contributed by atoms with E-state index in [1.165, 1.54) is 0 Å². The van der Waals surface area contributed by atoms with Crippen LogP contribution in [0.25, 0.3) is 0 Å². The van der Waals surface area contributed by atoms with Crippen LogP contribution in [-0.4, -0.2) is 51.4 Å². The minimum atomic E-state index is 0. The van der Waals surface area contributed by atoms with Crippen molar-refractivity contribution in [3.8, 4) is 0 Å². The fourth-order valence-corrected chi connectivity index (χ4v) is 0.560. The summed E-state index contributed by atoms with van der Waals surface area (Å²) in [7, 11) is 0. The molecule has 0 atom stereocenters. The molecule has 1 radical (unpaired) electrons. The van der Waals surface area contributed by atoms with Crippen LogP contribution in [0.4, 0.5) is 0 Å². The van der Waals surface area contributed by atoms with Crippen molar-refractivity contribution in [2.45, 2.75) is 0 Å². The molecule has 0 bridgehead atoms. The Kier molecular flexibility index (Phi) is 5.69. The first-order valence-electron chi connectivity index (χ1n) is 2.10. The Morgan fingerprint density at radius 2 is 1.50 bits per heavy atom. The van der Waals surface area contributed by atoms with Crippen molar-refractivity contribution in [3.63, 3.8) is 0 Å². The van der Waals surface area contributed by atoms with Gasteiger partial charge in [0.05, 0.1) is 0 Å². The van der Waals surface area contributed by atoms with Gasteiger partial charge in [0, 0.05) is 56.4 Å². The maximum absolute atomic E-state index is 5.54. The first kappa shape index (κ1) is 9.15. The Hall–Kier alpha value is 1.15. The summed E-state index contributed by atoms with van der Waals surface area (Å²) in [5.41, 5.74) is 0. The SMILES string of the molecule is Clc1ccccc1.[K]. The van der Waals surface area contributed by atoms with E-state index in [2.05, 4.69) is 0 Å². The largest absolute Gasteiger partial charge is 0.0843 e. The molecule has 1 aromatic rings. The van der Waals surface area contributed by atoms with Crippen molar-refractivity contribution in [1.82, 2.24) is 0 Å². The van der Waals surface area contributed by atoms with Crippen LogP contribution in [0.5, 0.6) is 0 Å². The molecule has 1 aromatic carbocycles. The van der Waals surface area contributed by atoms with E-state index in [0.29, 0.717) is 0 Å². The van der Waals surface area contributed by atoms with Crippen molar-refractivity contribution in [2.24, 2.45) is 0 Å². The minimum absolute atomic E-state index is 0. The van der Waals surface area contributed by atoms with Gasteiger partial charge < -0.3 is 0 Å². The standard InChI is InChI=1S/C6H5Cl.K/c7-6-4-2-1-3-5-6;/h1-5H;. The summed E-state index contributed by atoms with van der Waals surface area (Å²) in [6.07, 6.45) is 0. The molecule has 0 spiro atoms. The van der Waals surface area contributed by atoms with Gasteiger partial charge >= 0.3 is 0 Å². The van der Waals surface area contributed by atoms with E-state index in [0.717, 1.165) is 5.02 Å². The Morgan fingerprint density at radius 1 is 1.00 bits per heavy atom. The van der Waals surface area contributed by atoms with E-state index >= 15 is 0 Å². The zero-order chi connectivity index (χ0) is 5.11. The van der Waals surface area contributed by atoms with Crippen LogP contribution < -0.4 is 0 Å². The third-order valence-electron chi connectivity index (χ3n) is 0.733. The summed E-state index contributed by atoms with van der Waals surface area (Å²) in [5, 5.41) is 0.794. The molecule has 2 heteroatoms.